The predicted octanol–water partition coefficient (Wildman–Crippen LogP) is 0.521. The van der Waals surface area contributed by atoms with Gasteiger partial charge in [-0.15, -0.1) is 0 Å². The van der Waals surface area contributed by atoms with Crippen LogP contribution in [0.5, 0.6) is 0 Å². The lowest BCUT2D eigenvalue weighted by molar-refractivity contribution is -0.155. The molecule has 0 aliphatic carbocycles. The topological polar surface area (TPSA) is 113 Å². The lowest BCUT2D eigenvalue weighted by atomic mass is 10.0. The van der Waals surface area contributed by atoms with Crippen LogP contribution < -0.4 is 0 Å². The van der Waals surface area contributed by atoms with Crippen molar-refractivity contribution in [1.82, 2.24) is 19.8 Å². The molecule has 0 spiro atoms. The van der Waals surface area contributed by atoms with E-state index in [1.165, 1.54) is 25.3 Å². The van der Waals surface area contributed by atoms with Crippen LogP contribution in [-0.2, 0) is 27.3 Å². The second kappa shape index (κ2) is 6.59. The molecule has 2 aromatic rings. The summed E-state index contributed by atoms with van der Waals surface area (Å²) >= 11 is 0. The van der Waals surface area contributed by atoms with E-state index in [2.05, 4.69) is 9.97 Å². The highest BCUT2D eigenvalue weighted by Gasteiger charge is 2.45. The van der Waals surface area contributed by atoms with Crippen molar-refractivity contribution in [2.75, 3.05) is 7.11 Å². The largest absolute Gasteiger partial charge is 0.467 e. The molecule has 0 saturated carbocycles. The van der Waals surface area contributed by atoms with Gasteiger partial charge in [0.15, 0.2) is 0 Å². The van der Waals surface area contributed by atoms with E-state index in [1.807, 2.05) is 0 Å². The van der Waals surface area contributed by atoms with Crippen LogP contribution >= 0.6 is 0 Å². The second-order valence-corrected chi connectivity index (χ2v) is 6.74. The maximum Gasteiger partial charge on any atom is 0.329 e. The molecule has 1 N–H and O–H groups in total. The third-order valence-corrected chi connectivity index (χ3v) is 5.23. The van der Waals surface area contributed by atoms with Gasteiger partial charge in [0, 0.05) is 6.42 Å². The Morgan fingerprint density at radius 1 is 1.21 bits per heavy atom. The van der Waals surface area contributed by atoms with Crippen LogP contribution in [-0.4, -0.2) is 62.7 Å². The lowest BCUT2D eigenvalue weighted by Crippen LogP contribution is -2.56. The predicted molar refractivity (Wildman–Crippen MR) is 95.0 cm³/mol. The second-order valence-electron chi connectivity index (χ2n) is 6.74. The van der Waals surface area contributed by atoms with Crippen LogP contribution in [0.1, 0.15) is 39.0 Å². The standard InChI is InChI=1S/C19H18N4O5/c1-10(23-17(25)11-5-3-4-6-12(11)18(23)26)16(24)22-8-14-13(20-9-21-14)7-15(22)19(27)28-2/h3-6,9-10,15H,7-8H2,1-2H3,(H,20,21). The number of H-pyrrole nitrogens is 1. The van der Waals surface area contributed by atoms with E-state index in [1.54, 1.807) is 24.3 Å². The number of amides is 3. The number of nitrogens with one attached hydrogen (secondary N) is 1. The summed E-state index contributed by atoms with van der Waals surface area (Å²) in [6.45, 7) is 1.60. The number of methoxy groups -OCH3 is 1. The summed E-state index contributed by atoms with van der Waals surface area (Å²) < 4.78 is 4.84. The van der Waals surface area contributed by atoms with Gasteiger partial charge in [0.1, 0.15) is 12.1 Å². The Labute approximate surface area is 160 Å². The lowest BCUT2D eigenvalue weighted by Gasteiger charge is -2.36. The van der Waals surface area contributed by atoms with Crippen molar-refractivity contribution in [3.8, 4) is 0 Å². The number of carbonyl (C=O) groups excluding carboxylic acids is 4. The molecule has 3 amide bonds. The fourth-order valence-corrected chi connectivity index (χ4v) is 3.72. The van der Waals surface area contributed by atoms with E-state index in [-0.39, 0.29) is 24.1 Å². The maximum absolute atomic E-state index is 13.2. The number of hydrogen-bond acceptors (Lipinski definition) is 6. The van der Waals surface area contributed by atoms with Crippen molar-refractivity contribution in [3.63, 3.8) is 0 Å². The number of hydrogen-bond donors (Lipinski definition) is 1. The zero-order valence-corrected chi connectivity index (χ0v) is 15.3. The zero-order valence-electron chi connectivity index (χ0n) is 15.3. The summed E-state index contributed by atoms with van der Waals surface area (Å²) in [4.78, 5) is 60.3. The molecule has 4 rings (SSSR count). The van der Waals surface area contributed by atoms with Gasteiger partial charge in [-0.2, -0.15) is 0 Å². The molecule has 2 unspecified atom stereocenters. The Kier molecular flexibility index (Phi) is 4.21. The van der Waals surface area contributed by atoms with Crippen molar-refractivity contribution in [2.24, 2.45) is 0 Å². The summed E-state index contributed by atoms with van der Waals surface area (Å²) in [6, 6.07) is 4.51. The summed E-state index contributed by atoms with van der Waals surface area (Å²) in [5, 5.41) is 0. The summed E-state index contributed by atoms with van der Waals surface area (Å²) in [5.74, 6) is -2.12. The van der Waals surface area contributed by atoms with E-state index >= 15 is 0 Å². The van der Waals surface area contributed by atoms with Gasteiger partial charge in [-0.05, 0) is 19.1 Å². The number of rotatable bonds is 3. The molecule has 0 radical (unpaired) electrons. The van der Waals surface area contributed by atoms with Crippen molar-refractivity contribution >= 4 is 23.7 Å². The number of benzene rings is 1. The molecular weight excluding hydrogens is 364 g/mol. The summed E-state index contributed by atoms with van der Waals surface area (Å²) in [6.07, 6.45) is 1.70. The van der Waals surface area contributed by atoms with Crippen molar-refractivity contribution in [3.05, 3.63) is 53.1 Å². The summed E-state index contributed by atoms with van der Waals surface area (Å²) in [7, 11) is 1.25. The minimum absolute atomic E-state index is 0.113. The van der Waals surface area contributed by atoms with Crippen LogP contribution in [0.25, 0.3) is 0 Å². The number of fused-ring (bicyclic) bond motifs is 2. The molecule has 2 aliphatic heterocycles. The molecule has 2 atom stereocenters. The molecule has 9 heteroatoms. The number of ether oxygens (including phenoxy) is 1. The third kappa shape index (κ3) is 2.58. The fraction of sp³-hybridized carbons (Fsp3) is 0.316. The first-order valence-corrected chi connectivity index (χ1v) is 8.80. The van der Waals surface area contributed by atoms with Gasteiger partial charge in [0.05, 0.1) is 42.5 Å². The number of nitrogens with zero attached hydrogens (tertiary/aromatic N) is 3. The van der Waals surface area contributed by atoms with E-state index in [9.17, 15) is 19.2 Å². The van der Waals surface area contributed by atoms with Crippen molar-refractivity contribution in [1.29, 1.82) is 0 Å². The van der Waals surface area contributed by atoms with Gasteiger partial charge in [0.25, 0.3) is 11.8 Å². The van der Waals surface area contributed by atoms with Crippen LogP contribution in [0.4, 0.5) is 0 Å². The first-order valence-electron chi connectivity index (χ1n) is 8.80. The first-order chi connectivity index (χ1) is 13.4. The maximum atomic E-state index is 13.2. The Bertz CT molecular complexity index is 963. The average molecular weight is 382 g/mol. The number of carbonyl (C=O) groups is 4. The number of aromatic nitrogens is 2. The number of esters is 1. The Balaban J connectivity index is 1.64. The van der Waals surface area contributed by atoms with Crippen LogP contribution in [0.15, 0.2) is 30.6 Å². The number of imidazole rings is 1. The van der Waals surface area contributed by atoms with Gasteiger partial charge >= 0.3 is 5.97 Å². The molecule has 144 valence electrons. The van der Waals surface area contributed by atoms with E-state index in [4.69, 9.17) is 4.74 Å². The Hall–Kier alpha value is -3.49. The molecule has 0 bridgehead atoms. The Morgan fingerprint density at radius 3 is 2.46 bits per heavy atom. The first kappa shape index (κ1) is 17.9. The van der Waals surface area contributed by atoms with Crippen LogP contribution in [0.3, 0.4) is 0 Å². The number of aromatic amines is 1. The van der Waals surface area contributed by atoms with Gasteiger partial charge < -0.3 is 14.6 Å². The molecule has 9 nitrogen and oxygen atoms in total. The molecule has 28 heavy (non-hydrogen) atoms. The molecule has 0 saturated heterocycles. The van der Waals surface area contributed by atoms with Crippen LogP contribution in [0, 0.1) is 0 Å². The SMILES string of the molecule is COC(=O)C1Cc2nc[nH]c2CN1C(=O)C(C)N1C(=O)c2ccccc2C1=O. The molecule has 0 fully saturated rings. The smallest absolute Gasteiger partial charge is 0.329 e. The molecule has 1 aromatic carbocycles. The number of imide groups is 1. The van der Waals surface area contributed by atoms with Crippen molar-refractivity contribution in [2.45, 2.75) is 32.0 Å². The quantitative estimate of drug-likeness (QED) is 0.612. The Morgan fingerprint density at radius 2 is 1.86 bits per heavy atom. The normalized spacial score (nSPS) is 19.3. The highest BCUT2D eigenvalue weighted by atomic mass is 16.5. The zero-order chi connectivity index (χ0) is 20.0. The molecule has 3 heterocycles. The van der Waals surface area contributed by atoms with Crippen molar-refractivity contribution < 1.29 is 23.9 Å². The fourth-order valence-electron chi connectivity index (χ4n) is 3.72. The highest BCUT2D eigenvalue weighted by molar-refractivity contribution is 6.22. The molecule has 2 aliphatic rings. The van der Waals surface area contributed by atoms with Gasteiger partial charge in [-0.25, -0.2) is 9.78 Å². The van der Waals surface area contributed by atoms with E-state index in [0.29, 0.717) is 11.4 Å². The monoisotopic (exact) mass is 382 g/mol. The van der Waals surface area contributed by atoms with Gasteiger partial charge in [-0.3, -0.25) is 19.3 Å². The van der Waals surface area contributed by atoms with Gasteiger partial charge in [-0.1, -0.05) is 12.1 Å². The average Bonchev–Trinajstić information content (AvgIpc) is 3.28. The minimum atomic E-state index is -1.07. The van der Waals surface area contributed by atoms with Crippen LogP contribution in [0.2, 0.25) is 0 Å². The molecule has 1 aromatic heterocycles. The third-order valence-electron chi connectivity index (χ3n) is 5.23. The van der Waals surface area contributed by atoms with Gasteiger partial charge in [0.2, 0.25) is 5.91 Å². The molecular formula is C19H18N4O5. The summed E-state index contributed by atoms with van der Waals surface area (Å²) in [5.41, 5.74) is 1.94. The van der Waals surface area contributed by atoms with E-state index < -0.39 is 35.8 Å². The minimum Gasteiger partial charge on any atom is -0.467 e. The highest BCUT2D eigenvalue weighted by Crippen LogP contribution is 2.27. The van der Waals surface area contributed by atoms with E-state index in [0.717, 1.165) is 4.90 Å².